The summed E-state index contributed by atoms with van der Waals surface area (Å²) >= 11 is 10.6. The Hall–Kier alpha value is -2.55. The van der Waals surface area contributed by atoms with Gasteiger partial charge in [0.15, 0.2) is 0 Å². The fourth-order valence-electron chi connectivity index (χ4n) is 4.90. The zero-order valence-electron chi connectivity index (χ0n) is 14.7. The van der Waals surface area contributed by atoms with Crippen molar-refractivity contribution in [2.45, 2.75) is 5.41 Å². The van der Waals surface area contributed by atoms with Crippen molar-refractivity contribution in [1.29, 1.82) is 0 Å². The van der Waals surface area contributed by atoms with Crippen molar-refractivity contribution < 1.29 is 4.74 Å². The molecule has 28 heavy (non-hydrogen) atoms. The maximum Gasteiger partial charge on any atom is 0.132 e. The van der Waals surface area contributed by atoms with Gasteiger partial charge in [-0.1, -0.05) is 88.2 Å². The molecule has 1 nitrogen and oxygen atoms in total. The van der Waals surface area contributed by atoms with Gasteiger partial charge in [-0.3, -0.25) is 0 Å². The van der Waals surface area contributed by atoms with Crippen LogP contribution in [0.3, 0.4) is 0 Å². The first-order valence-electron chi connectivity index (χ1n) is 9.18. The van der Waals surface area contributed by atoms with Gasteiger partial charge in [0, 0.05) is 31.7 Å². The number of halogens is 2. The normalized spacial score (nSPS) is 14.6. The van der Waals surface area contributed by atoms with Gasteiger partial charge in [0.1, 0.15) is 11.5 Å². The van der Waals surface area contributed by atoms with Crippen LogP contribution >= 0.6 is 27.5 Å². The average molecular weight is 446 g/mol. The highest BCUT2D eigenvalue weighted by molar-refractivity contribution is 9.10. The van der Waals surface area contributed by atoms with Crippen LogP contribution in [-0.4, -0.2) is 0 Å². The molecule has 0 amide bonds. The molecule has 0 atom stereocenters. The Bertz CT molecular complexity index is 1180. The van der Waals surface area contributed by atoms with Gasteiger partial charge in [0.25, 0.3) is 0 Å². The molecule has 1 aliphatic heterocycles. The first-order chi connectivity index (χ1) is 13.7. The van der Waals surface area contributed by atoms with Crippen LogP contribution in [0.25, 0.3) is 11.1 Å². The van der Waals surface area contributed by atoms with Crippen molar-refractivity contribution in [1.82, 2.24) is 0 Å². The quantitative estimate of drug-likeness (QED) is 0.234. The highest BCUT2D eigenvalue weighted by atomic mass is 79.9. The zero-order valence-corrected chi connectivity index (χ0v) is 17.1. The van der Waals surface area contributed by atoms with E-state index < -0.39 is 5.41 Å². The summed E-state index contributed by atoms with van der Waals surface area (Å²) < 4.78 is 7.36. The first kappa shape index (κ1) is 16.4. The number of rotatable bonds is 0. The number of para-hydroxylation sites is 2. The molecule has 0 unspecified atom stereocenters. The molecule has 0 bridgehead atoms. The lowest BCUT2D eigenvalue weighted by Crippen LogP contribution is -2.32. The summed E-state index contributed by atoms with van der Waals surface area (Å²) in [4.78, 5) is 0. The number of benzene rings is 4. The summed E-state index contributed by atoms with van der Waals surface area (Å²) in [5.41, 5.74) is 6.53. The molecule has 1 aliphatic carbocycles. The molecule has 6 rings (SSSR count). The molecule has 134 valence electrons. The second kappa shape index (κ2) is 5.73. The van der Waals surface area contributed by atoms with Crippen LogP contribution in [0.1, 0.15) is 22.3 Å². The Labute approximate surface area is 176 Å². The van der Waals surface area contributed by atoms with E-state index in [9.17, 15) is 0 Å². The number of ether oxygens (including phenoxy) is 1. The summed E-state index contributed by atoms with van der Waals surface area (Å²) in [5, 5.41) is 0.768. The molecule has 0 radical (unpaired) electrons. The first-order valence-corrected chi connectivity index (χ1v) is 10.3. The third-order valence-corrected chi connectivity index (χ3v) is 6.86. The van der Waals surface area contributed by atoms with Crippen LogP contribution in [0.15, 0.2) is 89.4 Å². The van der Waals surface area contributed by atoms with E-state index in [-0.39, 0.29) is 0 Å². The maximum absolute atomic E-state index is 6.77. The number of hydrogen-bond donors (Lipinski definition) is 0. The van der Waals surface area contributed by atoms with Gasteiger partial charge >= 0.3 is 0 Å². The van der Waals surface area contributed by atoms with Crippen molar-refractivity contribution in [2.75, 3.05) is 0 Å². The highest BCUT2D eigenvalue weighted by Gasteiger charge is 2.51. The standard InChI is InChI=1S/C25H14BrClO/c26-19-11-5-9-17-23(19)24-18(10-6-12-20(24)27)25(17)15-7-1-3-13-21(15)28-22-14-4-2-8-16(22)25/h1-14H. The molecule has 0 fully saturated rings. The molecule has 1 spiro atoms. The lowest BCUT2D eigenvalue weighted by atomic mass is 9.66. The summed E-state index contributed by atoms with van der Waals surface area (Å²) in [6.07, 6.45) is 0. The largest absolute Gasteiger partial charge is 0.457 e. The van der Waals surface area contributed by atoms with Crippen LogP contribution in [0.4, 0.5) is 0 Å². The Morgan fingerprint density at radius 1 is 0.607 bits per heavy atom. The van der Waals surface area contributed by atoms with E-state index in [1.807, 2.05) is 36.4 Å². The van der Waals surface area contributed by atoms with Crippen LogP contribution in [-0.2, 0) is 5.41 Å². The summed E-state index contributed by atoms with van der Waals surface area (Å²) in [6.45, 7) is 0. The molecule has 4 aromatic carbocycles. The Morgan fingerprint density at radius 3 is 1.82 bits per heavy atom. The second-order valence-corrected chi connectivity index (χ2v) is 8.43. The van der Waals surface area contributed by atoms with E-state index in [0.29, 0.717) is 0 Å². The van der Waals surface area contributed by atoms with Gasteiger partial charge in [0.2, 0.25) is 0 Å². The predicted octanol–water partition coefficient (Wildman–Crippen LogP) is 7.57. The van der Waals surface area contributed by atoms with Gasteiger partial charge in [0.05, 0.1) is 5.41 Å². The van der Waals surface area contributed by atoms with Gasteiger partial charge in [-0.25, -0.2) is 0 Å². The third kappa shape index (κ3) is 1.87. The lowest BCUT2D eigenvalue weighted by molar-refractivity contribution is 0.436. The van der Waals surface area contributed by atoms with Crippen LogP contribution in [0.2, 0.25) is 5.02 Å². The topological polar surface area (TPSA) is 9.23 Å². The molecular formula is C25H14BrClO. The van der Waals surface area contributed by atoms with E-state index in [1.54, 1.807) is 0 Å². The molecule has 4 aromatic rings. The van der Waals surface area contributed by atoms with E-state index >= 15 is 0 Å². The van der Waals surface area contributed by atoms with E-state index in [2.05, 4.69) is 64.5 Å². The Balaban J connectivity index is 1.89. The summed E-state index contributed by atoms with van der Waals surface area (Å²) in [6, 6.07) is 29.3. The summed E-state index contributed by atoms with van der Waals surface area (Å²) in [7, 11) is 0. The molecule has 0 saturated heterocycles. The number of hydrogen-bond acceptors (Lipinski definition) is 1. The van der Waals surface area contributed by atoms with Gasteiger partial charge in [-0.15, -0.1) is 0 Å². The highest BCUT2D eigenvalue weighted by Crippen LogP contribution is 2.63. The SMILES string of the molecule is Clc1cccc2c1-c1c(Br)cccc1C21c2ccccc2Oc2ccccc21. The van der Waals surface area contributed by atoms with Crippen LogP contribution in [0, 0.1) is 0 Å². The van der Waals surface area contributed by atoms with E-state index in [1.165, 1.54) is 11.1 Å². The van der Waals surface area contributed by atoms with E-state index in [4.69, 9.17) is 16.3 Å². The minimum absolute atomic E-state index is 0.454. The molecule has 0 saturated carbocycles. The average Bonchev–Trinajstić information content (AvgIpc) is 3.02. The molecule has 3 heteroatoms. The third-order valence-electron chi connectivity index (χ3n) is 5.89. The van der Waals surface area contributed by atoms with Crippen molar-refractivity contribution >= 4 is 27.5 Å². The summed E-state index contributed by atoms with van der Waals surface area (Å²) in [5.74, 6) is 1.78. The lowest BCUT2D eigenvalue weighted by Gasteiger charge is -2.39. The number of fused-ring (bicyclic) bond motifs is 9. The minimum atomic E-state index is -0.454. The molecule has 1 heterocycles. The maximum atomic E-state index is 6.77. The van der Waals surface area contributed by atoms with Crippen molar-refractivity contribution in [2.24, 2.45) is 0 Å². The zero-order chi connectivity index (χ0) is 18.9. The molecule has 2 aliphatic rings. The van der Waals surface area contributed by atoms with Gasteiger partial charge in [-0.05, 0) is 35.4 Å². The van der Waals surface area contributed by atoms with E-state index in [0.717, 1.165) is 43.2 Å². The Kier molecular flexibility index (Phi) is 3.36. The monoisotopic (exact) mass is 444 g/mol. The Morgan fingerprint density at radius 2 is 1.14 bits per heavy atom. The fourth-order valence-corrected chi connectivity index (χ4v) is 5.73. The van der Waals surface area contributed by atoms with Gasteiger partial charge in [-0.2, -0.15) is 0 Å². The minimum Gasteiger partial charge on any atom is -0.457 e. The smallest absolute Gasteiger partial charge is 0.132 e. The molecule has 0 N–H and O–H groups in total. The van der Waals surface area contributed by atoms with Crippen molar-refractivity contribution in [3.05, 3.63) is 117 Å². The second-order valence-electron chi connectivity index (χ2n) is 7.17. The fraction of sp³-hybridized carbons (Fsp3) is 0.0400. The van der Waals surface area contributed by atoms with Crippen LogP contribution < -0.4 is 4.74 Å². The van der Waals surface area contributed by atoms with Crippen molar-refractivity contribution in [3.8, 4) is 22.6 Å². The van der Waals surface area contributed by atoms with Crippen LogP contribution in [0.5, 0.6) is 11.5 Å². The van der Waals surface area contributed by atoms with Gasteiger partial charge < -0.3 is 4.74 Å². The molecule has 0 aromatic heterocycles. The predicted molar refractivity (Wildman–Crippen MR) is 117 cm³/mol. The molecular weight excluding hydrogens is 432 g/mol. The van der Waals surface area contributed by atoms with Crippen molar-refractivity contribution in [3.63, 3.8) is 0 Å².